The van der Waals surface area contributed by atoms with E-state index in [1.54, 1.807) is 4.90 Å². The van der Waals surface area contributed by atoms with Crippen molar-refractivity contribution in [3.05, 3.63) is 29.3 Å². The third-order valence-corrected chi connectivity index (χ3v) is 6.33. The van der Waals surface area contributed by atoms with E-state index in [2.05, 4.69) is 12.2 Å². The van der Waals surface area contributed by atoms with E-state index in [1.165, 1.54) is 0 Å². The highest BCUT2D eigenvalue weighted by Gasteiger charge is 2.58. The first-order chi connectivity index (χ1) is 13.7. The van der Waals surface area contributed by atoms with Crippen LogP contribution in [0, 0.1) is 25.2 Å². The van der Waals surface area contributed by atoms with Gasteiger partial charge < -0.3 is 10.1 Å². The largest absolute Gasteiger partial charge is 0.444 e. The van der Waals surface area contributed by atoms with Crippen LogP contribution < -0.4 is 5.32 Å². The highest BCUT2D eigenvalue weighted by molar-refractivity contribution is 6.01. The molecule has 2 amide bonds. The Kier molecular flexibility index (Phi) is 6.95. The van der Waals surface area contributed by atoms with Gasteiger partial charge >= 0.3 is 6.09 Å². The van der Waals surface area contributed by atoms with Gasteiger partial charge in [0, 0.05) is 12.2 Å². The smallest absolute Gasteiger partial charge is 0.411 e. The highest BCUT2D eigenvalue weighted by atomic mass is 16.6. The number of anilines is 1. The SMILES string of the molecule is CC[C@H]1CCN(C(=O)OC(C)(C)C)[C@](C(=O)Nc2c(C)cccc2C)(C(C)(C)C)C1. The summed E-state index contributed by atoms with van der Waals surface area (Å²) in [5, 5.41) is 3.20. The monoisotopic (exact) mass is 416 g/mol. The zero-order valence-corrected chi connectivity index (χ0v) is 20.3. The number of hydrogen-bond donors (Lipinski definition) is 1. The van der Waals surface area contributed by atoms with E-state index in [4.69, 9.17) is 4.74 Å². The first kappa shape index (κ1) is 24.2. The number of amides is 2. The number of benzene rings is 1. The summed E-state index contributed by atoms with van der Waals surface area (Å²) in [7, 11) is 0. The van der Waals surface area contributed by atoms with E-state index in [0.717, 1.165) is 29.7 Å². The van der Waals surface area contributed by atoms with Gasteiger partial charge in [0.15, 0.2) is 0 Å². The highest BCUT2D eigenvalue weighted by Crippen LogP contribution is 2.47. The molecule has 2 atom stereocenters. The number of nitrogens with zero attached hydrogens (tertiary/aromatic N) is 1. The van der Waals surface area contributed by atoms with Crippen molar-refractivity contribution in [2.75, 3.05) is 11.9 Å². The Morgan fingerprint density at radius 1 is 1.13 bits per heavy atom. The average Bonchev–Trinajstić information content (AvgIpc) is 2.61. The average molecular weight is 417 g/mol. The van der Waals surface area contributed by atoms with Crippen molar-refractivity contribution >= 4 is 17.7 Å². The van der Waals surface area contributed by atoms with Crippen LogP contribution in [-0.2, 0) is 9.53 Å². The van der Waals surface area contributed by atoms with Crippen molar-refractivity contribution in [2.45, 2.75) is 92.7 Å². The van der Waals surface area contributed by atoms with E-state index >= 15 is 0 Å². The summed E-state index contributed by atoms with van der Waals surface area (Å²) in [4.78, 5) is 29.0. The summed E-state index contributed by atoms with van der Waals surface area (Å²) in [6, 6.07) is 5.97. The fourth-order valence-electron chi connectivity index (χ4n) is 4.54. The minimum absolute atomic E-state index is 0.128. The molecule has 1 aromatic carbocycles. The minimum Gasteiger partial charge on any atom is -0.444 e. The molecule has 5 nitrogen and oxygen atoms in total. The first-order valence-corrected chi connectivity index (χ1v) is 11.1. The molecule has 0 unspecified atom stereocenters. The number of likely N-dealkylation sites (tertiary alicyclic amines) is 1. The van der Waals surface area contributed by atoms with Gasteiger partial charge in [-0.25, -0.2) is 4.79 Å². The molecule has 0 bridgehead atoms. The van der Waals surface area contributed by atoms with E-state index in [-0.39, 0.29) is 5.91 Å². The van der Waals surface area contributed by atoms with Crippen LogP contribution in [0.1, 0.15) is 78.9 Å². The molecule has 0 spiro atoms. The molecule has 0 saturated carbocycles. The van der Waals surface area contributed by atoms with E-state index < -0.39 is 22.6 Å². The summed E-state index contributed by atoms with van der Waals surface area (Å²) in [6.45, 7) is 18.4. The van der Waals surface area contributed by atoms with Gasteiger partial charge in [0.05, 0.1) is 0 Å². The Balaban J connectivity index is 2.56. The Morgan fingerprint density at radius 3 is 2.17 bits per heavy atom. The maximum absolute atomic E-state index is 14.0. The minimum atomic E-state index is -0.997. The van der Waals surface area contributed by atoms with Gasteiger partial charge in [-0.2, -0.15) is 0 Å². The van der Waals surface area contributed by atoms with Gasteiger partial charge in [-0.3, -0.25) is 9.69 Å². The lowest BCUT2D eigenvalue weighted by molar-refractivity contribution is -0.142. The zero-order chi connectivity index (χ0) is 22.9. The molecule has 5 heteroatoms. The molecule has 168 valence electrons. The standard InChI is InChI=1S/C25H40N2O3/c1-10-19-14-15-27(22(29)30-24(7,8)9)25(16-19,23(4,5)6)21(28)26-20-17(2)12-11-13-18(20)3/h11-13,19H,10,14-16H2,1-9H3,(H,26,28)/t19-,25+/m0/s1. The third kappa shape index (κ3) is 4.81. The predicted octanol–water partition coefficient (Wildman–Crippen LogP) is 6.08. The maximum Gasteiger partial charge on any atom is 0.411 e. The number of aryl methyl sites for hydroxylation is 2. The fourth-order valence-corrected chi connectivity index (χ4v) is 4.54. The van der Waals surface area contributed by atoms with Crippen LogP contribution in [0.3, 0.4) is 0 Å². The molecule has 1 heterocycles. The number of ether oxygens (including phenoxy) is 1. The number of nitrogens with one attached hydrogen (secondary N) is 1. The molecule has 2 rings (SSSR count). The predicted molar refractivity (Wildman–Crippen MR) is 123 cm³/mol. The first-order valence-electron chi connectivity index (χ1n) is 11.1. The van der Waals surface area contributed by atoms with E-state index in [1.807, 2.05) is 73.6 Å². The van der Waals surface area contributed by atoms with Crippen LogP contribution in [0.5, 0.6) is 0 Å². The molecule has 1 N–H and O–H groups in total. The van der Waals surface area contributed by atoms with Gasteiger partial charge in [0.1, 0.15) is 11.1 Å². The van der Waals surface area contributed by atoms with Gasteiger partial charge in [-0.1, -0.05) is 52.3 Å². The number of carbonyl (C=O) groups excluding carboxylic acids is 2. The Labute approximate surface area is 182 Å². The van der Waals surface area contributed by atoms with Crippen molar-refractivity contribution in [3.8, 4) is 0 Å². The summed E-state index contributed by atoms with van der Waals surface area (Å²) < 4.78 is 5.75. The summed E-state index contributed by atoms with van der Waals surface area (Å²) in [5.41, 5.74) is 0.763. The fraction of sp³-hybridized carbons (Fsp3) is 0.680. The zero-order valence-electron chi connectivity index (χ0n) is 20.3. The van der Waals surface area contributed by atoms with Crippen molar-refractivity contribution in [3.63, 3.8) is 0 Å². The van der Waals surface area contributed by atoms with Crippen LogP contribution in [0.4, 0.5) is 10.5 Å². The van der Waals surface area contributed by atoms with Gasteiger partial charge in [-0.05, 0) is 69.9 Å². The van der Waals surface area contributed by atoms with E-state index in [9.17, 15) is 9.59 Å². The second-order valence-corrected chi connectivity index (χ2v) is 10.7. The number of para-hydroxylation sites is 1. The van der Waals surface area contributed by atoms with Crippen LogP contribution in [0.2, 0.25) is 0 Å². The number of hydrogen-bond acceptors (Lipinski definition) is 3. The molecule has 1 aliphatic rings. The molecule has 0 aromatic heterocycles. The molecule has 1 saturated heterocycles. The Bertz CT molecular complexity index is 768. The molecule has 1 aliphatic heterocycles. The van der Waals surface area contributed by atoms with E-state index in [0.29, 0.717) is 18.9 Å². The molecule has 1 fully saturated rings. The van der Waals surface area contributed by atoms with Crippen LogP contribution >= 0.6 is 0 Å². The van der Waals surface area contributed by atoms with Crippen molar-refractivity contribution in [1.82, 2.24) is 4.90 Å². The molecule has 0 aliphatic carbocycles. The number of rotatable bonds is 3. The lowest BCUT2D eigenvalue weighted by Crippen LogP contribution is -2.69. The normalized spacial score (nSPS) is 22.6. The molecular formula is C25H40N2O3. The maximum atomic E-state index is 14.0. The van der Waals surface area contributed by atoms with Gasteiger partial charge in [0.25, 0.3) is 5.91 Å². The van der Waals surface area contributed by atoms with Gasteiger partial charge in [-0.15, -0.1) is 0 Å². The second kappa shape index (κ2) is 8.60. The summed E-state index contributed by atoms with van der Waals surface area (Å²) in [5.74, 6) is 0.253. The van der Waals surface area contributed by atoms with Crippen LogP contribution in [-0.4, -0.2) is 34.6 Å². The lowest BCUT2D eigenvalue weighted by atomic mass is 9.64. The van der Waals surface area contributed by atoms with Crippen LogP contribution in [0.25, 0.3) is 0 Å². The van der Waals surface area contributed by atoms with Gasteiger partial charge in [0.2, 0.25) is 0 Å². The van der Waals surface area contributed by atoms with Crippen molar-refractivity contribution < 1.29 is 14.3 Å². The second-order valence-electron chi connectivity index (χ2n) is 10.7. The number of piperidine rings is 1. The van der Waals surface area contributed by atoms with Crippen LogP contribution in [0.15, 0.2) is 18.2 Å². The van der Waals surface area contributed by atoms with Crippen molar-refractivity contribution in [1.29, 1.82) is 0 Å². The molecule has 0 radical (unpaired) electrons. The molecule has 30 heavy (non-hydrogen) atoms. The lowest BCUT2D eigenvalue weighted by Gasteiger charge is -2.54. The summed E-state index contributed by atoms with van der Waals surface area (Å²) >= 11 is 0. The summed E-state index contributed by atoms with van der Waals surface area (Å²) in [6.07, 6.45) is 2.08. The molecule has 1 aromatic rings. The topological polar surface area (TPSA) is 58.6 Å². The Hall–Kier alpha value is -2.04. The molecular weight excluding hydrogens is 376 g/mol. The van der Waals surface area contributed by atoms with Crippen molar-refractivity contribution in [2.24, 2.45) is 11.3 Å². The quantitative estimate of drug-likeness (QED) is 0.649. The third-order valence-electron chi connectivity index (χ3n) is 6.33. The Morgan fingerprint density at radius 2 is 1.70 bits per heavy atom. The number of carbonyl (C=O) groups is 2.